The molecule has 0 amide bonds. The van der Waals surface area contributed by atoms with Gasteiger partial charge in [0.25, 0.3) is 0 Å². The molecule has 0 rings (SSSR count). The van der Waals surface area contributed by atoms with E-state index in [1.807, 2.05) is 6.92 Å². The molecule has 2 nitrogen and oxygen atoms in total. The van der Waals surface area contributed by atoms with Gasteiger partial charge >= 0.3 is 5.97 Å². The molecule has 0 saturated heterocycles. The van der Waals surface area contributed by atoms with E-state index in [0.29, 0.717) is 13.0 Å². The standard InChI is InChI=1S/C21H40O2/c1-3-5-6-7-8-9-10-11-12-13-14-15-16-17-18-19-21(22)23-20-4-2/h8-9H,3-7,10-20H2,1-2H3. The maximum absolute atomic E-state index is 11.3. The van der Waals surface area contributed by atoms with Crippen LogP contribution in [0.25, 0.3) is 0 Å². The lowest BCUT2D eigenvalue weighted by Crippen LogP contribution is -2.04. The number of ether oxygens (including phenoxy) is 1. The van der Waals surface area contributed by atoms with Gasteiger partial charge in [-0.05, 0) is 38.5 Å². The minimum Gasteiger partial charge on any atom is -0.466 e. The molecule has 0 aromatic heterocycles. The van der Waals surface area contributed by atoms with E-state index in [1.165, 1.54) is 77.0 Å². The smallest absolute Gasteiger partial charge is 0.305 e. The number of hydrogen-bond acceptors (Lipinski definition) is 2. The fourth-order valence-corrected chi connectivity index (χ4v) is 2.63. The Morgan fingerprint density at radius 1 is 0.696 bits per heavy atom. The van der Waals surface area contributed by atoms with Crippen LogP contribution >= 0.6 is 0 Å². The molecule has 0 N–H and O–H groups in total. The minimum absolute atomic E-state index is 0.0189. The summed E-state index contributed by atoms with van der Waals surface area (Å²) >= 11 is 0. The third kappa shape index (κ3) is 19.2. The molecule has 0 heterocycles. The van der Waals surface area contributed by atoms with Gasteiger partial charge in [0, 0.05) is 6.42 Å². The Morgan fingerprint density at radius 3 is 1.78 bits per heavy atom. The quantitative estimate of drug-likeness (QED) is 0.164. The second-order valence-corrected chi connectivity index (χ2v) is 6.55. The first-order chi connectivity index (χ1) is 11.3. The summed E-state index contributed by atoms with van der Waals surface area (Å²) in [5.41, 5.74) is 0. The van der Waals surface area contributed by atoms with Crippen molar-refractivity contribution in [3.8, 4) is 0 Å². The molecule has 0 unspecified atom stereocenters. The molecule has 0 aliphatic rings. The van der Waals surface area contributed by atoms with Gasteiger partial charge in [0.15, 0.2) is 0 Å². The Balaban J connectivity index is 3.12. The van der Waals surface area contributed by atoms with Crippen LogP contribution in [0, 0.1) is 0 Å². The van der Waals surface area contributed by atoms with Gasteiger partial charge in [-0.2, -0.15) is 0 Å². The molecule has 0 aromatic rings. The van der Waals surface area contributed by atoms with E-state index >= 15 is 0 Å². The summed E-state index contributed by atoms with van der Waals surface area (Å²) in [6.07, 6.45) is 23.0. The molecule has 2 heteroatoms. The summed E-state index contributed by atoms with van der Waals surface area (Å²) in [7, 11) is 0. The Hall–Kier alpha value is -0.790. The average Bonchev–Trinajstić information content (AvgIpc) is 2.56. The van der Waals surface area contributed by atoms with E-state index < -0.39 is 0 Å². The van der Waals surface area contributed by atoms with Gasteiger partial charge in [0.05, 0.1) is 6.61 Å². The lowest BCUT2D eigenvalue weighted by Gasteiger charge is -2.03. The van der Waals surface area contributed by atoms with Crippen LogP contribution in [0.15, 0.2) is 12.2 Å². The highest BCUT2D eigenvalue weighted by Crippen LogP contribution is 2.11. The van der Waals surface area contributed by atoms with Gasteiger partial charge in [-0.25, -0.2) is 0 Å². The Labute approximate surface area is 145 Å². The highest BCUT2D eigenvalue weighted by molar-refractivity contribution is 5.69. The largest absolute Gasteiger partial charge is 0.466 e. The van der Waals surface area contributed by atoms with E-state index in [2.05, 4.69) is 19.1 Å². The molecule has 0 spiro atoms. The molecule has 0 fully saturated rings. The van der Waals surface area contributed by atoms with E-state index in [1.54, 1.807) is 0 Å². The number of rotatable bonds is 17. The van der Waals surface area contributed by atoms with Crippen molar-refractivity contribution in [3.05, 3.63) is 12.2 Å². The van der Waals surface area contributed by atoms with Gasteiger partial charge in [0.1, 0.15) is 0 Å². The highest BCUT2D eigenvalue weighted by atomic mass is 16.5. The maximum atomic E-state index is 11.3. The second-order valence-electron chi connectivity index (χ2n) is 6.55. The van der Waals surface area contributed by atoms with Crippen LogP contribution < -0.4 is 0 Å². The van der Waals surface area contributed by atoms with Crippen LogP contribution in [0.3, 0.4) is 0 Å². The van der Waals surface area contributed by atoms with Gasteiger partial charge < -0.3 is 4.74 Å². The van der Waals surface area contributed by atoms with Crippen molar-refractivity contribution in [3.63, 3.8) is 0 Å². The highest BCUT2D eigenvalue weighted by Gasteiger charge is 2.01. The molecule has 0 bridgehead atoms. The van der Waals surface area contributed by atoms with Crippen molar-refractivity contribution in [1.29, 1.82) is 0 Å². The molecule has 0 aliphatic carbocycles. The zero-order chi connectivity index (χ0) is 17.0. The van der Waals surface area contributed by atoms with Crippen LogP contribution in [0.5, 0.6) is 0 Å². The fraction of sp³-hybridized carbons (Fsp3) is 0.857. The average molecular weight is 325 g/mol. The third-order valence-electron chi connectivity index (χ3n) is 4.11. The molecule has 0 saturated carbocycles. The summed E-state index contributed by atoms with van der Waals surface area (Å²) in [6.45, 7) is 4.86. The van der Waals surface area contributed by atoms with Crippen LogP contribution in [-0.4, -0.2) is 12.6 Å². The van der Waals surface area contributed by atoms with Gasteiger partial charge in [-0.15, -0.1) is 0 Å². The van der Waals surface area contributed by atoms with Crippen molar-refractivity contribution < 1.29 is 9.53 Å². The molecular weight excluding hydrogens is 284 g/mol. The number of carbonyl (C=O) groups is 1. The van der Waals surface area contributed by atoms with Crippen LogP contribution in [-0.2, 0) is 9.53 Å². The number of unbranched alkanes of at least 4 members (excludes halogenated alkanes) is 11. The topological polar surface area (TPSA) is 26.3 Å². The Kier molecular flexibility index (Phi) is 18.6. The van der Waals surface area contributed by atoms with Crippen LogP contribution in [0.1, 0.15) is 110 Å². The molecule has 23 heavy (non-hydrogen) atoms. The zero-order valence-corrected chi connectivity index (χ0v) is 15.8. The molecule has 136 valence electrons. The maximum Gasteiger partial charge on any atom is 0.305 e. The molecule has 0 atom stereocenters. The Bertz CT molecular complexity index is 271. The van der Waals surface area contributed by atoms with Crippen molar-refractivity contribution in [1.82, 2.24) is 0 Å². The summed E-state index contributed by atoms with van der Waals surface area (Å²) in [6, 6.07) is 0. The van der Waals surface area contributed by atoms with Gasteiger partial charge in [-0.3, -0.25) is 4.79 Å². The second kappa shape index (κ2) is 19.3. The van der Waals surface area contributed by atoms with E-state index in [-0.39, 0.29) is 5.97 Å². The van der Waals surface area contributed by atoms with Crippen LogP contribution in [0.2, 0.25) is 0 Å². The lowest BCUT2D eigenvalue weighted by molar-refractivity contribution is -0.143. The number of esters is 1. The van der Waals surface area contributed by atoms with Crippen LogP contribution in [0.4, 0.5) is 0 Å². The number of allylic oxidation sites excluding steroid dienone is 2. The lowest BCUT2D eigenvalue weighted by atomic mass is 10.1. The van der Waals surface area contributed by atoms with E-state index in [4.69, 9.17) is 4.74 Å². The normalized spacial score (nSPS) is 11.2. The van der Waals surface area contributed by atoms with Crippen molar-refractivity contribution in [2.45, 2.75) is 110 Å². The Morgan fingerprint density at radius 2 is 1.22 bits per heavy atom. The van der Waals surface area contributed by atoms with Gasteiger partial charge in [0.2, 0.25) is 0 Å². The van der Waals surface area contributed by atoms with Crippen molar-refractivity contribution >= 4 is 5.97 Å². The van der Waals surface area contributed by atoms with Crippen molar-refractivity contribution in [2.24, 2.45) is 0 Å². The number of hydrogen-bond donors (Lipinski definition) is 0. The number of carbonyl (C=O) groups excluding carboxylic acids is 1. The molecular formula is C21H40O2. The van der Waals surface area contributed by atoms with E-state index in [0.717, 1.165) is 12.8 Å². The predicted octanol–water partition coefficient (Wildman–Crippen LogP) is 6.98. The van der Waals surface area contributed by atoms with E-state index in [9.17, 15) is 4.79 Å². The first-order valence-corrected chi connectivity index (χ1v) is 10.1. The molecule has 0 aliphatic heterocycles. The first-order valence-electron chi connectivity index (χ1n) is 10.1. The van der Waals surface area contributed by atoms with Gasteiger partial charge in [-0.1, -0.05) is 77.4 Å². The SMILES string of the molecule is CCCCCC=CCCCCCCCCCCC(=O)OCCC. The fourth-order valence-electron chi connectivity index (χ4n) is 2.63. The summed E-state index contributed by atoms with van der Waals surface area (Å²) in [4.78, 5) is 11.3. The third-order valence-corrected chi connectivity index (χ3v) is 4.11. The predicted molar refractivity (Wildman–Crippen MR) is 101 cm³/mol. The summed E-state index contributed by atoms with van der Waals surface area (Å²) < 4.78 is 5.07. The monoisotopic (exact) mass is 324 g/mol. The molecule has 0 aromatic carbocycles. The summed E-state index contributed by atoms with van der Waals surface area (Å²) in [5, 5.41) is 0. The minimum atomic E-state index is -0.0189. The first kappa shape index (κ1) is 22.2. The zero-order valence-electron chi connectivity index (χ0n) is 15.8. The van der Waals surface area contributed by atoms with Crippen molar-refractivity contribution in [2.75, 3.05) is 6.61 Å². The molecule has 0 radical (unpaired) electrons. The summed E-state index contributed by atoms with van der Waals surface area (Å²) in [5.74, 6) is -0.0189.